The highest BCUT2D eigenvalue weighted by Crippen LogP contribution is 2.65. The molecule has 66 heavy (non-hydrogen) atoms. The Morgan fingerprint density at radius 3 is 2.26 bits per heavy atom. The Hall–Kier alpha value is -7.95. The van der Waals surface area contributed by atoms with Crippen LogP contribution in [0.5, 0.6) is 17.2 Å². The zero-order valence-electron chi connectivity index (χ0n) is 36.1. The van der Waals surface area contributed by atoms with Crippen molar-refractivity contribution in [2.45, 2.75) is 49.2 Å². The standard InChI is InChI=1S/C53H44N6O7/c1-64-43-29-36-25-27-57(31-37(36)30-44(43)65-2)50(61)45-47-51(62)66-48(34-15-7-4-8-16-34)46(33-13-5-3-6-14-33)59(47)49(35-20-22-38(60)23-21-35)53(45)39-28-32(19-24-40(39)54-52(53)63)12-11-26-58-42-18-10-9-17-41(42)55-56-58/h3-10,13-24,28-30,45-49,60H,25-27,31H2,1-2H3,(H,54,63)/t45-,46-,47-,48+,49+,53-/m0/s1. The number of aromatic nitrogens is 3. The number of para-hydroxylation sites is 1. The van der Waals surface area contributed by atoms with E-state index in [9.17, 15) is 5.11 Å². The van der Waals surface area contributed by atoms with Crippen LogP contribution in [0.2, 0.25) is 0 Å². The molecule has 2 amide bonds. The number of anilines is 1. The summed E-state index contributed by atoms with van der Waals surface area (Å²) in [5, 5.41) is 22.5. The van der Waals surface area contributed by atoms with Crippen LogP contribution in [0.4, 0.5) is 5.69 Å². The SMILES string of the molecule is COc1cc2c(cc1OC)CN(C(=O)[C@@H]1[C@H]3C(=O)O[C@H](c4ccccc4)[C@H](c4ccccc4)N3[C@H](c3ccc(O)cc3)[C@@]13C(=O)Nc1ccc(C#CCn4nnc5ccccc54)cc13)CC2. The Morgan fingerprint density at radius 1 is 0.818 bits per heavy atom. The molecule has 2 saturated heterocycles. The highest BCUT2D eigenvalue weighted by molar-refractivity contribution is 6.12. The van der Waals surface area contributed by atoms with E-state index < -0.39 is 47.4 Å². The van der Waals surface area contributed by atoms with E-state index >= 15 is 14.4 Å². The Bertz CT molecular complexity index is 3110. The molecule has 13 nitrogen and oxygen atoms in total. The first-order valence-electron chi connectivity index (χ1n) is 21.9. The number of morpholine rings is 1. The predicted octanol–water partition coefficient (Wildman–Crippen LogP) is 7.06. The van der Waals surface area contributed by atoms with Gasteiger partial charge in [0.2, 0.25) is 11.8 Å². The summed E-state index contributed by atoms with van der Waals surface area (Å²) in [6.07, 6.45) is -0.311. The van der Waals surface area contributed by atoms with E-state index in [1.807, 2.05) is 115 Å². The Kier molecular flexibility index (Phi) is 10.0. The molecule has 2 N–H and O–H groups in total. The normalized spacial score (nSPS) is 23.0. The molecule has 1 spiro atoms. The van der Waals surface area contributed by atoms with Crippen LogP contribution >= 0.6 is 0 Å². The van der Waals surface area contributed by atoms with Crippen molar-refractivity contribution in [1.82, 2.24) is 24.8 Å². The summed E-state index contributed by atoms with van der Waals surface area (Å²) < 4.78 is 19.6. The number of aromatic hydroxyl groups is 1. The molecule has 6 aromatic carbocycles. The van der Waals surface area contributed by atoms with Crippen LogP contribution in [0.3, 0.4) is 0 Å². The molecule has 0 bridgehead atoms. The number of benzene rings is 6. The molecule has 0 saturated carbocycles. The number of phenols is 1. The number of nitrogens with zero attached hydrogens (tertiary/aromatic N) is 5. The zero-order valence-corrected chi connectivity index (χ0v) is 36.1. The van der Waals surface area contributed by atoms with Crippen LogP contribution in [-0.2, 0) is 44.0 Å². The van der Waals surface area contributed by atoms with E-state index in [0.717, 1.165) is 33.3 Å². The van der Waals surface area contributed by atoms with Crippen molar-refractivity contribution in [2.75, 3.05) is 26.1 Å². The van der Waals surface area contributed by atoms with Gasteiger partial charge in [-0.05, 0) is 94.4 Å². The first-order chi connectivity index (χ1) is 32.3. The molecular formula is C53H44N6O7. The number of carbonyl (C=O) groups excluding carboxylic acids is 3. The third kappa shape index (κ3) is 6.47. The number of methoxy groups -OCH3 is 2. The molecule has 11 rings (SSSR count). The van der Waals surface area contributed by atoms with Gasteiger partial charge in [-0.3, -0.25) is 19.3 Å². The Morgan fingerprint density at radius 2 is 1.52 bits per heavy atom. The lowest BCUT2D eigenvalue weighted by molar-refractivity contribution is -0.179. The van der Waals surface area contributed by atoms with Crippen molar-refractivity contribution in [3.05, 3.63) is 178 Å². The maximum atomic E-state index is 16.1. The van der Waals surface area contributed by atoms with E-state index in [1.54, 1.807) is 48.1 Å². The number of cyclic esters (lactones) is 1. The number of hydrogen-bond acceptors (Lipinski definition) is 10. The van der Waals surface area contributed by atoms with E-state index in [0.29, 0.717) is 46.8 Å². The number of amides is 2. The molecule has 6 atom stereocenters. The highest BCUT2D eigenvalue weighted by atomic mass is 16.6. The summed E-state index contributed by atoms with van der Waals surface area (Å²) in [4.78, 5) is 50.9. The molecule has 7 aromatic rings. The number of nitrogens with one attached hydrogen (secondary N) is 1. The average Bonchev–Trinajstić information content (AvgIpc) is 4.01. The van der Waals surface area contributed by atoms with Crippen LogP contribution < -0.4 is 14.8 Å². The summed E-state index contributed by atoms with van der Waals surface area (Å²) in [6, 6.07) is 40.3. The number of fused-ring (bicyclic) bond motifs is 5. The van der Waals surface area contributed by atoms with Crippen molar-refractivity contribution in [3.63, 3.8) is 0 Å². The fraction of sp³-hybridized carbons (Fsp3) is 0.226. The minimum atomic E-state index is -1.72. The number of ether oxygens (including phenoxy) is 3. The van der Waals surface area contributed by atoms with E-state index in [2.05, 4.69) is 32.4 Å². The second kappa shape index (κ2) is 16.2. The summed E-state index contributed by atoms with van der Waals surface area (Å²) in [5.41, 5.74) is 5.66. The molecule has 1 aromatic heterocycles. The smallest absolute Gasteiger partial charge is 0.324 e. The Labute approximate surface area is 380 Å². The molecule has 2 fully saturated rings. The van der Waals surface area contributed by atoms with Gasteiger partial charge in [-0.25, -0.2) is 4.68 Å². The van der Waals surface area contributed by atoms with Gasteiger partial charge < -0.3 is 29.5 Å². The molecule has 4 aliphatic heterocycles. The minimum absolute atomic E-state index is 0.0304. The fourth-order valence-corrected chi connectivity index (χ4v) is 10.8. The lowest BCUT2D eigenvalue weighted by Crippen LogP contribution is -2.56. The quantitative estimate of drug-likeness (QED) is 0.126. The van der Waals surface area contributed by atoms with Gasteiger partial charge in [0.1, 0.15) is 35.4 Å². The number of phenolic OH excluding ortho intramolecular Hbond substituents is 1. The number of hydrogen-bond donors (Lipinski definition) is 2. The molecule has 0 aliphatic carbocycles. The first kappa shape index (κ1) is 40.8. The largest absolute Gasteiger partial charge is 0.508 e. The van der Waals surface area contributed by atoms with E-state index in [-0.39, 0.29) is 24.7 Å². The van der Waals surface area contributed by atoms with Gasteiger partial charge in [-0.15, -0.1) is 5.10 Å². The van der Waals surface area contributed by atoms with Crippen LogP contribution in [0.15, 0.2) is 140 Å². The van der Waals surface area contributed by atoms with Gasteiger partial charge in [0.15, 0.2) is 11.5 Å². The van der Waals surface area contributed by atoms with Crippen molar-refractivity contribution in [1.29, 1.82) is 0 Å². The third-order valence-electron chi connectivity index (χ3n) is 13.7. The summed E-state index contributed by atoms with van der Waals surface area (Å²) in [6.45, 7) is 0.787. The van der Waals surface area contributed by atoms with Gasteiger partial charge >= 0.3 is 5.97 Å². The first-order valence-corrected chi connectivity index (χ1v) is 21.9. The monoisotopic (exact) mass is 876 g/mol. The molecule has 0 radical (unpaired) electrons. The lowest BCUT2D eigenvalue weighted by atomic mass is 9.65. The second-order valence-corrected chi connectivity index (χ2v) is 17.1. The fourth-order valence-electron chi connectivity index (χ4n) is 10.8. The molecule has 4 aliphatic rings. The van der Waals surface area contributed by atoms with Gasteiger partial charge in [-0.1, -0.05) is 102 Å². The maximum Gasteiger partial charge on any atom is 0.324 e. The number of rotatable bonds is 7. The molecule has 13 heteroatoms. The summed E-state index contributed by atoms with van der Waals surface area (Å²) >= 11 is 0. The molecule has 328 valence electrons. The average molecular weight is 877 g/mol. The van der Waals surface area contributed by atoms with Crippen molar-refractivity contribution < 1.29 is 33.7 Å². The second-order valence-electron chi connectivity index (χ2n) is 17.1. The van der Waals surface area contributed by atoms with Crippen molar-refractivity contribution in [3.8, 4) is 29.1 Å². The molecular weight excluding hydrogens is 833 g/mol. The van der Waals surface area contributed by atoms with Crippen LogP contribution in [0.1, 0.15) is 57.1 Å². The van der Waals surface area contributed by atoms with Gasteiger partial charge in [0.05, 0.1) is 37.7 Å². The third-order valence-corrected chi connectivity index (χ3v) is 13.7. The molecule has 5 heterocycles. The zero-order chi connectivity index (χ0) is 45.1. The lowest BCUT2D eigenvalue weighted by Gasteiger charge is -2.46. The summed E-state index contributed by atoms with van der Waals surface area (Å²) in [7, 11) is 3.16. The van der Waals surface area contributed by atoms with Gasteiger partial charge in [-0.2, -0.15) is 0 Å². The van der Waals surface area contributed by atoms with Crippen molar-refractivity contribution >= 4 is 34.5 Å². The van der Waals surface area contributed by atoms with Crippen LogP contribution in [-0.4, -0.2) is 74.5 Å². The van der Waals surface area contributed by atoms with Crippen LogP contribution in [0, 0.1) is 17.8 Å². The summed E-state index contributed by atoms with van der Waals surface area (Å²) in [5.74, 6) is 5.00. The van der Waals surface area contributed by atoms with Gasteiger partial charge in [0.25, 0.3) is 0 Å². The van der Waals surface area contributed by atoms with Crippen molar-refractivity contribution in [2.24, 2.45) is 5.92 Å². The minimum Gasteiger partial charge on any atom is -0.508 e. The maximum absolute atomic E-state index is 16.1. The van der Waals surface area contributed by atoms with Gasteiger partial charge in [0, 0.05) is 24.3 Å². The predicted molar refractivity (Wildman–Crippen MR) is 244 cm³/mol. The number of esters is 1. The Balaban J connectivity index is 1.12. The van der Waals surface area contributed by atoms with E-state index in [4.69, 9.17) is 14.2 Å². The van der Waals surface area contributed by atoms with Crippen LogP contribution in [0.25, 0.3) is 11.0 Å². The number of carbonyl (C=O) groups is 3. The molecule has 0 unspecified atom stereocenters. The topological polar surface area (TPSA) is 148 Å². The van der Waals surface area contributed by atoms with E-state index in [1.165, 1.54) is 0 Å². The highest BCUT2D eigenvalue weighted by Gasteiger charge is 2.74.